The third kappa shape index (κ3) is 5.92. The van der Waals surface area contributed by atoms with Crippen molar-refractivity contribution in [2.45, 2.75) is 6.92 Å². The van der Waals surface area contributed by atoms with Gasteiger partial charge in [-0.2, -0.15) is 0 Å². The topological polar surface area (TPSA) is 53.9 Å². The number of carbonyl (C=O) groups excluding carboxylic acids is 2. The van der Waals surface area contributed by atoms with Gasteiger partial charge in [0.2, 0.25) is 0 Å². The first kappa shape index (κ1) is 21.2. The molecule has 0 spiro atoms. The molecule has 1 unspecified atom stereocenters. The average molecular weight is 413 g/mol. The van der Waals surface area contributed by atoms with Crippen molar-refractivity contribution in [1.29, 1.82) is 0 Å². The smallest absolute Gasteiger partial charge is 0.282 e. The van der Waals surface area contributed by atoms with Crippen LogP contribution in [0.3, 0.4) is 0 Å². The molecule has 0 aromatic heterocycles. The van der Waals surface area contributed by atoms with Gasteiger partial charge in [-0.3, -0.25) is 9.59 Å². The molecule has 2 rings (SSSR count). The van der Waals surface area contributed by atoms with E-state index in [1.807, 2.05) is 6.92 Å². The highest BCUT2D eigenvalue weighted by Gasteiger charge is 2.21. The van der Waals surface area contributed by atoms with Crippen LogP contribution in [0.2, 0.25) is 10.0 Å². The van der Waals surface area contributed by atoms with Crippen molar-refractivity contribution in [2.24, 2.45) is 0 Å². The van der Waals surface area contributed by atoms with Gasteiger partial charge in [0.1, 0.15) is 5.82 Å². The second-order valence-corrected chi connectivity index (χ2v) is 6.88. The molecular formula is C19H21Cl2FN3O2+. The van der Waals surface area contributed by atoms with Crippen molar-refractivity contribution in [1.82, 2.24) is 0 Å². The zero-order valence-electron chi connectivity index (χ0n) is 15.1. The fourth-order valence-corrected chi connectivity index (χ4v) is 3.11. The molecule has 0 saturated heterocycles. The molecule has 2 aromatic rings. The van der Waals surface area contributed by atoms with E-state index < -0.39 is 0 Å². The quantitative estimate of drug-likeness (QED) is 0.734. The molecule has 8 heteroatoms. The minimum absolute atomic E-state index is 0.0638. The first-order chi connectivity index (χ1) is 12.8. The Hall–Kier alpha value is -2.15. The standard InChI is InChI=1S/C19H20Cl2FN3O2/c1-3-25(14-9-7-13(22)8-10-14)18(27)12-24(2)11-17(26)23-19-15(20)5-4-6-16(19)21/h4-10H,3,11-12H2,1-2H3,(H,23,26)/p+1. The number of hydrogen-bond acceptors (Lipinski definition) is 2. The van der Waals surface area contributed by atoms with Crippen LogP contribution < -0.4 is 15.1 Å². The van der Waals surface area contributed by atoms with E-state index in [4.69, 9.17) is 23.2 Å². The molecule has 0 aliphatic carbocycles. The maximum absolute atomic E-state index is 13.1. The van der Waals surface area contributed by atoms with Gasteiger partial charge >= 0.3 is 0 Å². The molecule has 0 heterocycles. The molecule has 27 heavy (non-hydrogen) atoms. The Kier molecular flexibility index (Phi) is 7.59. The summed E-state index contributed by atoms with van der Waals surface area (Å²) in [6.07, 6.45) is 0. The second kappa shape index (κ2) is 9.69. The van der Waals surface area contributed by atoms with E-state index in [0.29, 0.717) is 32.9 Å². The van der Waals surface area contributed by atoms with Gasteiger partial charge in [0.15, 0.2) is 13.1 Å². The summed E-state index contributed by atoms with van der Waals surface area (Å²) in [5.41, 5.74) is 0.968. The number of hydrogen-bond donors (Lipinski definition) is 2. The highest BCUT2D eigenvalue weighted by atomic mass is 35.5. The predicted molar refractivity (Wildman–Crippen MR) is 106 cm³/mol. The monoisotopic (exact) mass is 412 g/mol. The van der Waals surface area contributed by atoms with Gasteiger partial charge in [0.25, 0.3) is 11.8 Å². The van der Waals surface area contributed by atoms with Crippen molar-refractivity contribution >= 4 is 46.4 Å². The number of carbonyl (C=O) groups is 2. The van der Waals surface area contributed by atoms with Gasteiger partial charge in [-0.1, -0.05) is 29.3 Å². The Bertz CT molecular complexity index is 795. The SMILES string of the molecule is CCN(C(=O)C[NH+](C)CC(=O)Nc1c(Cl)cccc1Cl)c1ccc(F)cc1. The molecule has 0 aliphatic rings. The Morgan fingerprint density at radius 3 is 2.22 bits per heavy atom. The summed E-state index contributed by atoms with van der Waals surface area (Å²) in [5, 5.41) is 3.36. The zero-order valence-corrected chi connectivity index (χ0v) is 16.6. The number of para-hydroxylation sites is 1. The van der Waals surface area contributed by atoms with Crippen LogP contribution >= 0.6 is 23.2 Å². The van der Waals surface area contributed by atoms with Gasteiger partial charge in [-0.15, -0.1) is 0 Å². The second-order valence-electron chi connectivity index (χ2n) is 6.07. The van der Waals surface area contributed by atoms with Gasteiger partial charge in [-0.05, 0) is 43.3 Å². The zero-order chi connectivity index (χ0) is 20.0. The lowest BCUT2D eigenvalue weighted by atomic mass is 10.2. The number of halogens is 3. The van der Waals surface area contributed by atoms with Gasteiger partial charge in [0, 0.05) is 12.2 Å². The molecule has 0 fully saturated rings. The first-order valence-electron chi connectivity index (χ1n) is 8.43. The van der Waals surface area contributed by atoms with E-state index in [0.717, 1.165) is 0 Å². The minimum atomic E-state index is -0.361. The Balaban J connectivity index is 1.95. The first-order valence-corrected chi connectivity index (χ1v) is 9.18. The molecule has 0 bridgehead atoms. The molecule has 0 saturated carbocycles. The molecule has 1 atom stereocenters. The molecule has 2 amide bonds. The number of anilines is 2. The average Bonchev–Trinajstić information content (AvgIpc) is 2.60. The van der Waals surface area contributed by atoms with E-state index in [9.17, 15) is 14.0 Å². The van der Waals surface area contributed by atoms with Crippen molar-refractivity contribution < 1.29 is 18.9 Å². The largest absolute Gasteiger partial charge is 0.322 e. The van der Waals surface area contributed by atoms with Crippen LogP contribution in [-0.4, -0.2) is 38.5 Å². The number of quaternary nitrogens is 1. The summed E-state index contributed by atoms with van der Waals surface area (Å²) in [6.45, 7) is 2.45. The highest BCUT2D eigenvalue weighted by molar-refractivity contribution is 6.39. The number of likely N-dealkylation sites (N-methyl/N-ethyl adjacent to an activating group) is 2. The van der Waals surface area contributed by atoms with Crippen LogP contribution in [0, 0.1) is 5.82 Å². The summed E-state index contributed by atoms with van der Waals surface area (Å²) < 4.78 is 13.1. The van der Waals surface area contributed by atoms with Crippen LogP contribution in [0.4, 0.5) is 15.8 Å². The minimum Gasteiger partial charge on any atom is -0.322 e. The number of rotatable bonds is 7. The van der Waals surface area contributed by atoms with Crippen LogP contribution in [0.15, 0.2) is 42.5 Å². The fraction of sp³-hybridized carbons (Fsp3) is 0.263. The molecule has 2 aromatic carbocycles. The fourth-order valence-electron chi connectivity index (χ4n) is 2.61. The molecule has 144 valence electrons. The highest BCUT2D eigenvalue weighted by Crippen LogP contribution is 2.29. The molecule has 0 aliphatic heterocycles. The van der Waals surface area contributed by atoms with E-state index in [1.54, 1.807) is 42.3 Å². The summed E-state index contributed by atoms with van der Waals surface area (Å²) in [7, 11) is 1.74. The molecule has 5 nitrogen and oxygen atoms in total. The van der Waals surface area contributed by atoms with Gasteiger partial charge < -0.3 is 15.1 Å². The van der Waals surface area contributed by atoms with E-state index in [1.165, 1.54) is 12.1 Å². The van der Waals surface area contributed by atoms with Crippen LogP contribution in [-0.2, 0) is 9.59 Å². The van der Waals surface area contributed by atoms with E-state index in [-0.39, 0.29) is 30.7 Å². The molecular weight excluding hydrogens is 392 g/mol. The number of benzene rings is 2. The van der Waals surface area contributed by atoms with Crippen molar-refractivity contribution in [3.05, 3.63) is 58.3 Å². The summed E-state index contributed by atoms with van der Waals surface area (Å²) in [5.74, 6) is -0.829. The van der Waals surface area contributed by atoms with Crippen molar-refractivity contribution in [2.75, 3.05) is 36.9 Å². The van der Waals surface area contributed by atoms with E-state index in [2.05, 4.69) is 5.32 Å². The van der Waals surface area contributed by atoms with Crippen LogP contribution in [0.25, 0.3) is 0 Å². The summed E-state index contributed by atoms with van der Waals surface area (Å²) in [6, 6.07) is 10.7. The molecule has 2 N–H and O–H groups in total. The summed E-state index contributed by atoms with van der Waals surface area (Å²) >= 11 is 12.1. The number of nitrogens with zero attached hydrogens (tertiary/aromatic N) is 1. The van der Waals surface area contributed by atoms with E-state index >= 15 is 0 Å². The van der Waals surface area contributed by atoms with Crippen LogP contribution in [0.5, 0.6) is 0 Å². The van der Waals surface area contributed by atoms with Gasteiger partial charge in [0.05, 0.1) is 22.8 Å². The van der Waals surface area contributed by atoms with Crippen molar-refractivity contribution in [3.63, 3.8) is 0 Å². The normalized spacial score (nSPS) is 11.7. The van der Waals surface area contributed by atoms with Crippen LogP contribution in [0.1, 0.15) is 6.92 Å². The number of nitrogens with one attached hydrogen (secondary N) is 2. The summed E-state index contributed by atoms with van der Waals surface area (Å²) in [4.78, 5) is 27.0. The maximum atomic E-state index is 13.1. The third-order valence-electron chi connectivity index (χ3n) is 3.90. The molecule has 0 radical (unpaired) electrons. The Morgan fingerprint density at radius 1 is 1.07 bits per heavy atom. The maximum Gasteiger partial charge on any atom is 0.282 e. The third-order valence-corrected chi connectivity index (χ3v) is 4.53. The van der Waals surface area contributed by atoms with Crippen molar-refractivity contribution in [3.8, 4) is 0 Å². The lowest BCUT2D eigenvalue weighted by Crippen LogP contribution is -3.11. The Morgan fingerprint density at radius 2 is 1.67 bits per heavy atom. The number of amides is 2. The predicted octanol–water partition coefficient (Wildman–Crippen LogP) is 2.64. The Labute approximate surface area is 167 Å². The lowest BCUT2D eigenvalue weighted by Gasteiger charge is -2.22. The van der Waals surface area contributed by atoms with Gasteiger partial charge in [-0.25, -0.2) is 4.39 Å². The lowest BCUT2D eigenvalue weighted by molar-refractivity contribution is -0.862.